The van der Waals surface area contributed by atoms with Gasteiger partial charge in [0.25, 0.3) is 0 Å². The molecule has 0 saturated carbocycles. The molecular weight excluding hydrogens is 602 g/mol. The minimum atomic E-state index is -4.86. The molecule has 1 N–H and O–H groups in total. The van der Waals surface area contributed by atoms with E-state index in [9.17, 15) is 31.2 Å². The molecule has 216 valence electrons. The Hall–Kier alpha value is -2.21. The largest absolute Gasteiger partial charge is 0.417 e. The molecule has 0 aromatic heterocycles. The second-order valence-corrected chi connectivity index (χ2v) is 12.1. The molecule has 2 amide bonds. The Balaban J connectivity index is 2.56. The number of carbonyl (C=O) groups is 2. The van der Waals surface area contributed by atoms with E-state index in [1.54, 1.807) is 26.0 Å². The predicted molar refractivity (Wildman–Crippen MR) is 148 cm³/mol. The second-order valence-electron chi connectivity index (χ2n) is 8.93. The summed E-state index contributed by atoms with van der Waals surface area (Å²) in [6, 6.07) is 5.86. The van der Waals surface area contributed by atoms with Crippen LogP contribution in [0, 0.1) is 0 Å². The zero-order valence-electron chi connectivity index (χ0n) is 21.7. The molecule has 0 fully saturated rings. The van der Waals surface area contributed by atoms with E-state index in [1.165, 1.54) is 6.07 Å². The molecule has 2 atom stereocenters. The van der Waals surface area contributed by atoms with Crippen LogP contribution >= 0.6 is 34.8 Å². The first-order valence-electron chi connectivity index (χ1n) is 11.9. The minimum absolute atomic E-state index is 0.164. The summed E-state index contributed by atoms with van der Waals surface area (Å²) in [7, 11) is -4.25. The standard InChI is InChI=1S/C25H29Cl3F3N3O4S/c1-5-15(3)32-24(36)22(6-2)33(13-16-7-8-17(26)11-21(16)28)23(35)14-34(39(4,37)38)18-9-10-20(27)19(12-18)25(29,30)31/h7-12,15,22H,5-6,13-14H2,1-4H3,(H,32,36)/t15-,22-/m1/s1. The van der Waals surface area contributed by atoms with E-state index in [-0.39, 0.29) is 24.0 Å². The highest BCUT2D eigenvalue weighted by Gasteiger charge is 2.36. The first-order valence-corrected chi connectivity index (χ1v) is 14.9. The number of nitrogens with one attached hydrogen (secondary N) is 1. The van der Waals surface area contributed by atoms with Gasteiger partial charge in [0.2, 0.25) is 21.8 Å². The van der Waals surface area contributed by atoms with Crippen molar-refractivity contribution in [3.8, 4) is 0 Å². The number of hydrogen-bond acceptors (Lipinski definition) is 4. The van der Waals surface area contributed by atoms with Gasteiger partial charge in [-0.05, 0) is 55.7 Å². The lowest BCUT2D eigenvalue weighted by Gasteiger charge is -2.33. The van der Waals surface area contributed by atoms with Gasteiger partial charge < -0.3 is 10.2 Å². The van der Waals surface area contributed by atoms with E-state index in [0.717, 1.165) is 23.3 Å². The second kappa shape index (κ2) is 13.4. The first-order chi connectivity index (χ1) is 18.0. The number of rotatable bonds is 11. The van der Waals surface area contributed by atoms with Crippen molar-refractivity contribution in [2.24, 2.45) is 0 Å². The highest BCUT2D eigenvalue weighted by Crippen LogP contribution is 2.37. The molecule has 7 nitrogen and oxygen atoms in total. The quantitative estimate of drug-likeness (QED) is 0.323. The third-order valence-corrected chi connectivity index (χ3v) is 8.02. The maximum atomic E-state index is 13.7. The van der Waals surface area contributed by atoms with E-state index in [4.69, 9.17) is 34.8 Å². The highest BCUT2D eigenvalue weighted by molar-refractivity contribution is 7.92. The van der Waals surface area contributed by atoms with Gasteiger partial charge in [0.15, 0.2) is 0 Å². The third-order valence-electron chi connectivity index (χ3n) is 5.97. The topological polar surface area (TPSA) is 86.8 Å². The number of benzene rings is 2. The van der Waals surface area contributed by atoms with Gasteiger partial charge in [-0.2, -0.15) is 13.2 Å². The van der Waals surface area contributed by atoms with Gasteiger partial charge >= 0.3 is 6.18 Å². The van der Waals surface area contributed by atoms with E-state index >= 15 is 0 Å². The SMILES string of the molecule is CC[C@@H](C)NC(=O)[C@@H](CC)N(Cc1ccc(Cl)cc1Cl)C(=O)CN(c1ccc(Cl)c(C(F)(F)F)c1)S(C)(=O)=O. The van der Waals surface area contributed by atoms with Crippen LogP contribution in [0.2, 0.25) is 15.1 Å². The van der Waals surface area contributed by atoms with Crippen molar-refractivity contribution >= 4 is 62.3 Å². The molecule has 0 radical (unpaired) electrons. The van der Waals surface area contributed by atoms with E-state index in [2.05, 4.69) is 5.32 Å². The van der Waals surface area contributed by atoms with Crippen molar-refractivity contribution in [1.29, 1.82) is 0 Å². The van der Waals surface area contributed by atoms with Crippen molar-refractivity contribution in [3.05, 3.63) is 62.6 Å². The molecule has 0 aliphatic carbocycles. The highest BCUT2D eigenvalue weighted by atomic mass is 35.5. The van der Waals surface area contributed by atoms with Crippen LogP contribution in [0.5, 0.6) is 0 Å². The summed E-state index contributed by atoms with van der Waals surface area (Å²) in [4.78, 5) is 28.0. The molecule has 39 heavy (non-hydrogen) atoms. The van der Waals surface area contributed by atoms with Crippen LogP contribution in [0.3, 0.4) is 0 Å². The number of carbonyl (C=O) groups excluding carboxylic acids is 2. The molecule has 0 unspecified atom stereocenters. The van der Waals surface area contributed by atoms with E-state index < -0.39 is 56.9 Å². The first kappa shape index (κ1) is 33.0. The van der Waals surface area contributed by atoms with Crippen LogP contribution in [0.25, 0.3) is 0 Å². The molecule has 0 saturated heterocycles. The monoisotopic (exact) mass is 629 g/mol. The Bertz CT molecular complexity index is 1310. The van der Waals surface area contributed by atoms with Gasteiger partial charge in [0, 0.05) is 22.6 Å². The van der Waals surface area contributed by atoms with Crippen molar-refractivity contribution in [1.82, 2.24) is 10.2 Å². The molecule has 2 aromatic rings. The molecule has 0 aliphatic rings. The molecule has 0 aliphatic heterocycles. The van der Waals surface area contributed by atoms with Gasteiger partial charge in [0.1, 0.15) is 12.6 Å². The number of hydrogen-bond donors (Lipinski definition) is 1. The summed E-state index contributed by atoms with van der Waals surface area (Å²) in [5.41, 5.74) is -1.24. The molecule has 14 heteroatoms. The Kier molecular flexibility index (Phi) is 11.4. The number of sulfonamides is 1. The lowest BCUT2D eigenvalue weighted by molar-refractivity contribution is -0.140. The zero-order valence-corrected chi connectivity index (χ0v) is 24.7. The fourth-order valence-electron chi connectivity index (χ4n) is 3.69. The zero-order chi connectivity index (χ0) is 29.7. The number of alkyl halides is 3. The van der Waals surface area contributed by atoms with Crippen molar-refractivity contribution in [2.45, 2.75) is 58.4 Å². The van der Waals surface area contributed by atoms with Crippen LogP contribution < -0.4 is 9.62 Å². The molecule has 2 aromatic carbocycles. The van der Waals surface area contributed by atoms with Gasteiger partial charge in [-0.1, -0.05) is 54.7 Å². The fraction of sp³-hybridized carbons (Fsp3) is 0.440. The number of halogens is 6. The summed E-state index contributed by atoms with van der Waals surface area (Å²) >= 11 is 18.0. The smallest absolute Gasteiger partial charge is 0.352 e. The lowest BCUT2D eigenvalue weighted by atomic mass is 10.1. The molecular formula is C25H29Cl3F3N3O4S. The van der Waals surface area contributed by atoms with Crippen LogP contribution in [-0.2, 0) is 32.3 Å². The summed E-state index contributed by atoms with van der Waals surface area (Å²) in [6.07, 6.45) is -3.31. The maximum absolute atomic E-state index is 13.7. The number of anilines is 1. The summed E-state index contributed by atoms with van der Waals surface area (Å²) in [5, 5.41) is 2.74. The van der Waals surface area contributed by atoms with Gasteiger partial charge in [0.05, 0.1) is 22.5 Å². The normalized spacial score (nSPS) is 13.5. The summed E-state index contributed by atoms with van der Waals surface area (Å²) in [5.74, 6) is -1.30. The Morgan fingerprint density at radius 1 is 1.00 bits per heavy atom. The number of amides is 2. The van der Waals surface area contributed by atoms with Gasteiger partial charge in [-0.15, -0.1) is 0 Å². The van der Waals surface area contributed by atoms with E-state index in [1.807, 2.05) is 6.92 Å². The third kappa shape index (κ3) is 8.89. The molecule has 0 heterocycles. The summed E-state index contributed by atoms with van der Waals surface area (Å²) < 4.78 is 66.3. The fourth-order valence-corrected chi connectivity index (χ4v) is 5.23. The van der Waals surface area contributed by atoms with Crippen LogP contribution in [0.4, 0.5) is 18.9 Å². The average molecular weight is 631 g/mol. The molecule has 0 bridgehead atoms. The number of nitrogens with zero attached hydrogens (tertiary/aromatic N) is 2. The minimum Gasteiger partial charge on any atom is -0.352 e. The lowest BCUT2D eigenvalue weighted by Crippen LogP contribution is -2.53. The molecule has 2 rings (SSSR count). The van der Waals surface area contributed by atoms with Gasteiger partial charge in [-0.3, -0.25) is 13.9 Å². The van der Waals surface area contributed by atoms with Crippen LogP contribution in [-0.4, -0.2) is 50.0 Å². The van der Waals surface area contributed by atoms with Crippen molar-refractivity contribution < 1.29 is 31.2 Å². The molecule has 0 spiro atoms. The Morgan fingerprint density at radius 2 is 1.64 bits per heavy atom. The summed E-state index contributed by atoms with van der Waals surface area (Å²) in [6.45, 7) is 4.27. The Labute approximate surface area is 241 Å². The maximum Gasteiger partial charge on any atom is 0.417 e. The van der Waals surface area contributed by atoms with Crippen molar-refractivity contribution in [3.63, 3.8) is 0 Å². The predicted octanol–water partition coefficient (Wildman–Crippen LogP) is 6.15. The van der Waals surface area contributed by atoms with Crippen LogP contribution in [0.15, 0.2) is 36.4 Å². The average Bonchev–Trinajstić information content (AvgIpc) is 2.82. The van der Waals surface area contributed by atoms with E-state index in [0.29, 0.717) is 27.4 Å². The van der Waals surface area contributed by atoms with Gasteiger partial charge in [-0.25, -0.2) is 8.42 Å². The Morgan fingerprint density at radius 3 is 2.15 bits per heavy atom. The van der Waals surface area contributed by atoms with Crippen LogP contribution in [0.1, 0.15) is 44.7 Å². The van der Waals surface area contributed by atoms with Crippen molar-refractivity contribution in [2.75, 3.05) is 17.1 Å².